The molecular weight excluding hydrogens is 446 g/mol. The zero-order valence-electron chi connectivity index (χ0n) is 19.4. The Kier molecular flexibility index (Phi) is 7.14. The summed E-state index contributed by atoms with van der Waals surface area (Å²) in [6, 6.07) is 13.4. The second kappa shape index (κ2) is 10.4. The quantitative estimate of drug-likeness (QED) is 0.203. The van der Waals surface area contributed by atoms with Crippen molar-refractivity contribution in [3.8, 4) is 11.5 Å². The van der Waals surface area contributed by atoms with Gasteiger partial charge in [-0.3, -0.25) is 9.48 Å². The third-order valence-electron chi connectivity index (χ3n) is 5.26. The van der Waals surface area contributed by atoms with Crippen LogP contribution in [0.5, 0.6) is 11.5 Å². The van der Waals surface area contributed by atoms with Crippen molar-refractivity contribution in [3.63, 3.8) is 0 Å². The molecule has 0 radical (unpaired) electrons. The van der Waals surface area contributed by atoms with Crippen molar-refractivity contribution in [2.24, 2.45) is 14.1 Å². The van der Waals surface area contributed by atoms with E-state index in [0.717, 1.165) is 28.9 Å². The number of hydrogen-bond acceptors (Lipinski definition) is 5. The summed E-state index contributed by atoms with van der Waals surface area (Å²) in [5, 5.41) is 4.82. The smallest absolute Gasteiger partial charge is 0.277 e. The highest BCUT2D eigenvalue weighted by Crippen LogP contribution is 2.33. The molecule has 0 spiro atoms. The summed E-state index contributed by atoms with van der Waals surface area (Å²) < 4.78 is 9.53. The van der Waals surface area contributed by atoms with Gasteiger partial charge in [0.1, 0.15) is 11.5 Å². The summed E-state index contributed by atoms with van der Waals surface area (Å²) in [6.07, 6.45) is 6.76. The van der Waals surface area contributed by atoms with Gasteiger partial charge in [-0.25, -0.2) is 4.85 Å². The molecule has 0 fully saturated rings. The molecule has 0 unspecified atom stereocenters. The van der Waals surface area contributed by atoms with Crippen LogP contribution in [0.4, 0.5) is 5.69 Å². The van der Waals surface area contributed by atoms with Crippen molar-refractivity contribution in [1.82, 2.24) is 19.3 Å². The van der Waals surface area contributed by atoms with Crippen LogP contribution in [0, 0.1) is 13.5 Å². The first-order chi connectivity index (χ1) is 16.4. The van der Waals surface area contributed by atoms with E-state index in [-0.39, 0.29) is 5.56 Å². The summed E-state index contributed by atoms with van der Waals surface area (Å²) in [7, 11) is 3.75. The van der Waals surface area contributed by atoms with Crippen LogP contribution in [0.15, 0.2) is 71.0 Å². The van der Waals surface area contributed by atoms with Crippen molar-refractivity contribution >= 4 is 17.4 Å². The van der Waals surface area contributed by atoms with Gasteiger partial charge in [0.25, 0.3) is 5.56 Å². The molecule has 34 heavy (non-hydrogen) atoms. The van der Waals surface area contributed by atoms with Crippen LogP contribution in [0.1, 0.15) is 22.3 Å². The Labute approximate surface area is 202 Å². The maximum Gasteiger partial charge on any atom is 0.277 e. The number of ether oxygens (including phenoxy) is 1. The van der Waals surface area contributed by atoms with Crippen molar-refractivity contribution in [2.45, 2.75) is 24.9 Å². The molecule has 172 valence electrons. The highest BCUT2D eigenvalue weighted by Gasteiger charge is 2.11. The summed E-state index contributed by atoms with van der Waals surface area (Å²) in [5.74, 6) is 2.00. The van der Waals surface area contributed by atoms with Gasteiger partial charge in [0.15, 0.2) is 5.16 Å². The number of aryl methyl sites for hydroxylation is 4. The topological polar surface area (TPSA) is 66.3 Å². The van der Waals surface area contributed by atoms with Crippen LogP contribution >= 0.6 is 11.8 Å². The second-order valence-electron chi connectivity index (χ2n) is 8.09. The normalized spacial score (nSPS) is 10.8. The van der Waals surface area contributed by atoms with Gasteiger partial charge in [0, 0.05) is 44.2 Å². The standard InChI is InChI=1S/C26H25N5O2S/c1-18-6-5-7-22(12-18)33-24-9-8-19(14-23(24)27-2)10-11-34-26-29-25(32)21(17-30(26)3)13-20-15-28-31(4)16-20/h5-9,12,14-17H,10-11,13H2,1,3-4H3. The number of hydrogen-bond donors (Lipinski definition) is 0. The molecule has 0 N–H and O–H groups in total. The Balaban J connectivity index is 1.39. The number of nitrogens with zero attached hydrogens (tertiary/aromatic N) is 5. The first kappa shape index (κ1) is 23.3. The molecule has 0 atom stereocenters. The Bertz CT molecular complexity index is 1420. The number of benzene rings is 2. The average molecular weight is 472 g/mol. The number of thioether (sulfide) groups is 1. The minimum Gasteiger partial charge on any atom is -0.468 e. The molecule has 0 saturated heterocycles. The van der Waals surface area contributed by atoms with Crippen LogP contribution in [0.2, 0.25) is 0 Å². The SMILES string of the molecule is [C-]#[N+]c1cc(CCSc2nc(=O)c(Cc3cnn(C)c3)cn2C)ccc1Oc1cccc(C)c1. The lowest BCUT2D eigenvalue weighted by atomic mass is 10.1. The van der Waals surface area contributed by atoms with E-state index in [1.165, 1.54) is 11.8 Å². The molecule has 2 heterocycles. The van der Waals surface area contributed by atoms with E-state index in [0.29, 0.717) is 34.3 Å². The minimum atomic E-state index is -0.211. The van der Waals surface area contributed by atoms with Crippen LogP contribution in [0.25, 0.3) is 4.85 Å². The van der Waals surface area contributed by atoms with E-state index in [2.05, 4.69) is 14.9 Å². The lowest BCUT2D eigenvalue weighted by molar-refractivity contribution is 0.485. The van der Waals surface area contributed by atoms with Crippen molar-refractivity contribution < 1.29 is 4.74 Å². The molecule has 4 aromatic rings. The van der Waals surface area contributed by atoms with Gasteiger partial charge < -0.3 is 9.30 Å². The van der Waals surface area contributed by atoms with E-state index in [4.69, 9.17) is 11.3 Å². The monoisotopic (exact) mass is 471 g/mol. The minimum absolute atomic E-state index is 0.211. The molecule has 2 aromatic carbocycles. The molecule has 0 aliphatic rings. The van der Waals surface area contributed by atoms with Crippen LogP contribution < -0.4 is 10.3 Å². The van der Waals surface area contributed by atoms with Gasteiger partial charge in [-0.05, 0) is 48.7 Å². The maximum atomic E-state index is 12.5. The molecule has 0 bridgehead atoms. The summed E-state index contributed by atoms with van der Waals surface area (Å²) >= 11 is 1.52. The zero-order chi connectivity index (χ0) is 24.1. The largest absolute Gasteiger partial charge is 0.468 e. The molecule has 7 nitrogen and oxygen atoms in total. The molecule has 0 amide bonds. The van der Waals surface area contributed by atoms with Crippen molar-refractivity contribution in [3.05, 3.63) is 105 Å². The van der Waals surface area contributed by atoms with Crippen LogP contribution in [-0.2, 0) is 26.9 Å². The number of aromatic nitrogens is 4. The van der Waals surface area contributed by atoms with Gasteiger partial charge in [-0.1, -0.05) is 35.5 Å². The fraction of sp³-hybridized carbons (Fsp3) is 0.231. The lowest BCUT2D eigenvalue weighted by Crippen LogP contribution is -2.18. The summed E-state index contributed by atoms with van der Waals surface area (Å²) in [6.45, 7) is 9.54. The first-order valence-corrected chi connectivity index (χ1v) is 11.8. The predicted octanol–water partition coefficient (Wildman–Crippen LogP) is 5.09. The Morgan fingerprint density at radius 1 is 1.12 bits per heavy atom. The summed E-state index contributed by atoms with van der Waals surface area (Å²) in [4.78, 5) is 20.4. The Morgan fingerprint density at radius 3 is 2.71 bits per heavy atom. The molecule has 8 heteroatoms. The van der Waals surface area contributed by atoms with Crippen molar-refractivity contribution in [1.29, 1.82) is 0 Å². The molecule has 2 aromatic heterocycles. The van der Waals surface area contributed by atoms with Gasteiger partial charge in [-0.2, -0.15) is 10.1 Å². The van der Waals surface area contributed by atoms with E-state index >= 15 is 0 Å². The molecular formula is C26H25N5O2S. The number of rotatable bonds is 8. The third-order valence-corrected chi connectivity index (χ3v) is 6.30. The molecule has 0 aliphatic carbocycles. The van der Waals surface area contributed by atoms with E-state index in [1.807, 2.05) is 80.4 Å². The van der Waals surface area contributed by atoms with E-state index in [9.17, 15) is 4.79 Å². The van der Waals surface area contributed by atoms with Crippen LogP contribution in [-0.4, -0.2) is 25.1 Å². The van der Waals surface area contributed by atoms with Gasteiger partial charge >= 0.3 is 0 Å². The van der Waals surface area contributed by atoms with E-state index < -0.39 is 0 Å². The molecule has 0 aliphatic heterocycles. The second-order valence-corrected chi connectivity index (χ2v) is 9.16. The Morgan fingerprint density at radius 2 is 1.97 bits per heavy atom. The fourth-order valence-electron chi connectivity index (χ4n) is 3.58. The molecule has 4 rings (SSSR count). The summed E-state index contributed by atoms with van der Waals surface area (Å²) in [5.41, 5.74) is 4.03. The Hall–Kier alpha value is -3.83. The lowest BCUT2D eigenvalue weighted by Gasteiger charge is -2.11. The highest BCUT2D eigenvalue weighted by molar-refractivity contribution is 7.99. The van der Waals surface area contributed by atoms with Gasteiger partial charge in [0.05, 0.1) is 12.8 Å². The predicted molar refractivity (Wildman–Crippen MR) is 134 cm³/mol. The maximum absolute atomic E-state index is 12.5. The van der Waals surface area contributed by atoms with E-state index in [1.54, 1.807) is 10.9 Å². The third kappa shape index (κ3) is 5.74. The highest BCUT2D eigenvalue weighted by atomic mass is 32.2. The average Bonchev–Trinajstić information content (AvgIpc) is 3.22. The zero-order valence-corrected chi connectivity index (χ0v) is 20.2. The van der Waals surface area contributed by atoms with Gasteiger partial charge in [0.2, 0.25) is 5.69 Å². The van der Waals surface area contributed by atoms with Crippen molar-refractivity contribution in [2.75, 3.05) is 5.75 Å². The molecule has 0 saturated carbocycles. The van der Waals surface area contributed by atoms with Gasteiger partial charge in [-0.15, -0.1) is 0 Å². The fourth-order valence-corrected chi connectivity index (χ4v) is 4.50. The van der Waals surface area contributed by atoms with Crippen LogP contribution in [0.3, 0.4) is 0 Å². The first-order valence-electron chi connectivity index (χ1n) is 10.8.